The molecule has 0 unspecified atom stereocenters. The van der Waals surface area contributed by atoms with Crippen LogP contribution in [0.25, 0.3) is 0 Å². The fraction of sp³-hybridized carbons (Fsp3) is 0.188. The molecule has 0 spiro atoms. The van der Waals surface area contributed by atoms with E-state index in [1.807, 2.05) is 13.2 Å². The van der Waals surface area contributed by atoms with Crippen molar-refractivity contribution in [2.24, 2.45) is 7.05 Å². The molecule has 0 aliphatic rings. The summed E-state index contributed by atoms with van der Waals surface area (Å²) < 4.78 is 8.75. The first-order valence-electron chi connectivity index (χ1n) is 7.38. The van der Waals surface area contributed by atoms with E-state index in [0.29, 0.717) is 28.0 Å². The summed E-state index contributed by atoms with van der Waals surface area (Å²) >= 11 is 11.9. The molecule has 130 valence electrons. The molecule has 2 heterocycles. The van der Waals surface area contributed by atoms with Crippen molar-refractivity contribution in [1.82, 2.24) is 24.9 Å². The van der Waals surface area contributed by atoms with Crippen LogP contribution in [-0.2, 0) is 20.3 Å². The topological polar surface area (TPSA) is 74.0 Å². The maximum Gasteiger partial charge on any atom is 0.272 e. The Balaban J connectivity index is 1.55. The van der Waals surface area contributed by atoms with Crippen molar-refractivity contribution in [2.45, 2.75) is 13.3 Å². The van der Waals surface area contributed by atoms with Crippen molar-refractivity contribution in [3.63, 3.8) is 0 Å². The summed E-state index contributed by atoms with van der Waals surface area (Å²) in [6.07, 6.45) is 5.19. The van der Waals surface area contributed by atoms with Gasteiger partial charge in [0.05, 0.1) is 11.2 Å². The SMILES string of the molecule is Cn1cc(CNC(=O)c2ccn(COc3ccc(Cl)cc3Cl)n2)cn1. The first-order chi connectivity index (χ1) is 12.0. The van der Waals surface area contributed by atoms with Gasteiger partial charge in [-0.15, -0.1) is 0 Å². The minimum atomic E-state index is -0.271. The number of carbonyl (C=O) groups excluding carboxylic acids is 1. The molecule has 0 saturated carbocycles. The Morgan fingerprint density at radius 3 is 2.88 bits per heavy atom. The van der Waals surface area contributed by atoms with Crippen molar-refractivity contribution < 1.29 is 9.53 Å². The number of nitrogens with one attached hydrogen (secondary N) is 1. The van der Waals surface area contributed by atoms with Crippen molar-refractivity contribution in [3.8, 4) is 5.75 Å². The van der Waals surface area contributed by atoms with Gasteiger partial charge < -0.3 is 10.1 Å². The van der Waals surface area contributed by atoms with E-state index in [2.05, 4.69) is 15.5 Å². The Morgan fingerprint density at radius 2 is 2.16 bits per heavy atom. The molecule has 7 nitrogen and oxygen atoms in total. The molecule has 9 heteroatoms. The maximum atomic E-state index is 12.1. The van der Waals surface area contributed by atoms with Crippen molar-refractivity contribution in [3.05, 3.63) is 64.2 Å². The smallest absolute Gasteiger partial charge is 0.272 e. The number of aryl methyl sites for hydroxylation is 1. The number of amides is 1. The van der Waals surface area contributed by atoms with Crippen LogP contribution in [0.1, 0.15) is 16.1 Å². The lowest BCUT2D eigenvalue weighted by Gasteiger charge is -2.08. The molecule has 0 aliphatic heterocycles. The molecule has 1 aromatic carbocycles. The van der Waals surface area contributed by atoms with Crippen LogP contribution < -0.4 is 10.1 Å². The first-order valence-corrected chi connectivity index (χ1v) is 8.14. The van der Waals surface area contributed by atoms with Crippen LogP contribution in [0.2, 0.25) is 10.0 Å². The Morgan fingerprint density at radius 1 is 1.32 bits per heavy atom. The van der Waals surface area contributed by atoms with Gasteiger partial charge in [-0.2, -0.15) is 10.2 Å². The molecular weight excluding hydrogens is 365 g/mol. The van der Waals surface area contributed by atoms with Crippen molar-refractivity contribution in [1.29, 1.82) is 0 Å². The summed E-state index contributed by atoms with van der Waals surface area (Å²) in [5.74, 6) is 0.219. The summed E-state index contributed by atoms with van der Waals surface area (Å²) in [5.41, 5.74) is 1.21. The van der Waals surface area contributed by atoms with Crippen LogP contribution >= 0.6 is 23.2 Å². The predicted molar refractivity (Wildman–Crippen MR) is 93.7 cm³/mol. The van der Waals surface area contributed by atoms with Gasteiger partial charge in [-0.1, -0.05) is 23.2 Å². The molecule has 0 atom stereocenters. The second-order valence-corrected chi connectivity index (χ2v) is 6.14. The lowest BCUT2D eigenvalue weighted by Crippen LogP contribution is -2.23. The molecular formula is C16H15Cl2N5O2. The van der Waals surface area contributed by atoms with Gasteiger partial charge in [0.1, 0.15) is 11.4 Å². The van der Waals surface area contributed by atoms with Gasteiger partial charge in [0.25, 0.3) is 5.91 Å². The fourth-order valence-corrected chi connectivity index (χ4v) is 2.58. The normalized spacial score (nSPS) is 10.7. The number of halogens is 2. The summed E-state index contributed by atoms with van der Waals surface area (Å²) in [4.78, 5) is 12.1. The second-order valence-electron chi connectivity index (χ2n) is 5.29. The summed E-state index contributed by atoms with van der Waals surface area (Å²) in [5, 5.41) is 12.0. The van der Waals surface area contributed by atoms with E-state index in [-0.39, 0.29) is 12.6 Å². The highest BCUT2D eigenvalue weighted by Gasteiger charge is 2.10. The van der Waals surface area contributed by atoms with Crippen LogP contribution in [0, 0.1) is 0 Å². The Bertz CT molecular complexity index is 890. The number of benzene rings is 1. The van der Waals surface area contributed by atoms with Gasteiger partial charge in [-0.25, -0.2) is 4.68 Å². The Labute approximate surface area is 154 Å². The number of nitrogens with zero attached hydrogens (tertiary/aromatic N) is 4. The van der Waals surface area contributed by atoms with Crippen molar-refractivity contribution in [2.75, 3.05) is 0 Å². The highest BCUT2D eigenvalue weighted by atomic mass is 35.5. The predicted octanol–water partition coefficient (Wildman–Crippen LogP) is 2.89. The summed E-state index contributed by atoms with van der Waals surface area (Å²) in [6.45, 7) is 0.508. The summed E-state index contributed by atoms with van der Waals surface area (Å²) in [6, 6.07) is 6.57. The summed E-state index contributed by atoms with van der Waals surface area (Å²) in [7, 11) is 1.82. The average Bonchev–Trinajstić information content (AvgIpc) is 3.21. The zero-order chi connectivity index (χ0) is 17.8. The van der Waals surface area contributed by atoms with E-state index >= 15 is 0 Å². The molecule has 1 amide bonds. The van der Waals surface area contributed by atoms with E-state index in [1.54, 1.807) is 41.3 Å². The van der Waals surface area contributed by atoms with Gasteiger partial charge in [0, 0.05) is 36.6 Å². The highest BCUT2D eigenvalue weighted by Crippen LogP contribution is 2.27. The lowest BCUT2D eigenvalue weighted by molar-refractivity contribution is 0.0944. The molecule has 25 heavy (non-hydrogen) atoms. The zero-order valence-corrected chi connectivity index (χ0v) is 14.8. The number of carbonyl (C=O) groups is 1. The number of hydrogen-bond acceptors (Lipinski definition) is 4. The third-order valence-electron chi connectivity index (χ3n) is 3.33. The van der Waals surface area contributed by atoms with E-state index in [4.69, 9.17) is 27.9 Å². The molecule has 0 aliphatic carbocycles. The molecule has 3 aromatic rings. The molecule has 1 N–H and O–H groups in total. The van der Waals surface area contributed by atoms with Crippen LogP contribution in [0.3, 0.4) is 0 Å². The Kier molecular flexibility index (Phi) is 5.25. The van der Waals surface area contributed by atoms with Gasteiger partial charge >= 0.3 is 0 Å². The third kappa shape index (κ3) is 4.52. The van der Waals surface area contributed by atoms with Crippen molar-refractivity contribution >= 4 is 29.1 Å². The maximum absolute atomic E-state index is 12.1. The monoisotopic (exact) mass is 379 g/mol. The van der Waals surface area contributed by atoms with E-state index in [1.165, 1.54) is 4.68 Å². The lowest BCUT2D eigenvalue weighted by atomic mass is 10.3. The Hall–Kier alpha value is -2.51. The average molecular weight is 380 g/mol. The molecule has 0 bridgehead atoms. The third-order valence-corrected chi connectivity index (χ3v) is 3.86. The number of hydrogen-bond donors (Lipinski definition) is 1. The van der Waals surface area contributed by atoms with Crippen LogP contribution in [-0.4, -0.2) is 25.5 Å². The fourth-order valence-electron chi connectivity index (χ4n) is 2.12. The standard InChI is InChI=1S/C16H15Cl2N5O2/c1-22-9-11(8-20-22)7-19-16(24)14-4-5-23(21-14)10-25-15-3-2-12(17)6-13(15)18/h2-6,8-9H,7,10H2,1H3,(H,19,24). The van der Waals surface area contributed by atoms with Gasteiger partial charge in [-0.05, 0) is 24.3 Å². The number of aromatic nitrogens is 4. The molecule has 0 saturated heterocycles. The minimum Gasteiger partial charge on any atom is -0.470 e. The number of rotatable bonds is 6. The van der Waals surface area contributed by atoms with E-state index in [9.17, 15) is 4.79 Å². The zero-order valence-electron chi connectivity index (χ0n) is 13.3. The first kappa shape index (κ1) is 17.3. The minimum absolute atomic E-state index is 0.122. The van der Waals surface area contributed by atoms with Gasteiger partial charge in [0.15, 0.2) is 6.73 Å². The van der Waals surface area contributed by atoms with E-state index in [0.717, 1.165) is 5.56 Å². The molecule has 0 fully saturated rings. The molecule has 2 aromatic heterocycles. The second kappa shape index (κ2) is 7.58. The van der Waals surface area contributed by atoms with Gasteiger partial charge in [0.2, 0.25) is 0 Å². The molecule has 3 rings (SSSR count). The molecule has 0 radical (unpaired) electrons. The van der Waals surface area contributed by atoms with Crippen LogP contribution in [0.15, 0.2) is 42.9 Å². The number of ether oxygens (including phenoxy) is 1. The quantitative estimate of drug-likeness (QED) is 0.714. The van der Waals surface area contributed by atoms with Crippen LogP contribution in [0.4, 0.5) is 0 Å². The largest absolute Gasteiger partial charge is 0.470 e. The highest BCUT2D eigenvalue weighted by molar-refractivity contribution is 6.35. The van der Waals surface area contributed by atoms with Gasteiger partial charge in [-0.3, -0.25) is 9.48 Å². The van der Waals surface area contributed by atoms with Crippen LogP contribution in [0.5, 0.6) is 5.75 Å². The van der Waals surface area contributed by atoms with E-state index < -0.39 is 0 Å².